The van der Waals surface area contributed by atoms with Gasteiger partial charge in [-0.05, 0) is 42.3 Å². The molecule has 0 radical (unpaired) electrons. The van der Waals surface area contributed by atoms with Gasteiger partial charge in [-0.3, -0.25) is 9.69 Å². The van der Waals surface area contributed by atoms with Crippen LogP contribution in [0.4, 0.5) is 5.69 Å². The van der Waals surface area contributed by atoms with Gasteiger partial charge < -0.3 is 10.1 Å². The van der Waals surface area contributed by atoms with Crippen LogP contribution in [0.5, 0.6) is 5.75 Å². The number of nitrogens with one attached hydrogen (secondary N) is 1. The lowest BCUT2D eigenvalue weighted by Crippen LogP contribution is -2.37. The van der Waals surface area contributed by atoms with Crippen molar-refractivity contribution in [3.63, 3.8) is 0 Å². The van der Waals surface area contributed by atoms with Crippen molar-refractivity contribution in [2.75, 3.05) is 30.5 Å². The fourth-order valence-electron chi connectivity index (χ4n) is 3.57. The maximum atomic E-state index is 12.5. The summed E-state index contributed by atoms with van der Waals surface area (Å²) in [5, 5.41) is 12.0. The lowest BCUT2D eigenvalue weighted by molar-refractivity contribution is -0.116. The van der Waals surface area contributed by atoms with E-state index in [1.54, 1.807) is 19.2 Å². The average Bonchev–Trinajstić information content (AvgIpc) is 3.11. The summed E-state index contributed by atoms with van der Waals surface area (Å²) < 4.78 is 29.2. The number of hydrogen-bond acceptors (Lipinski definition) is 6. The van der Waals surface area contributed by atoms with E-state index in [1.165, 1.54) is 6.07 Å². The van der Waals surface area contributed by atoms with Crippen LogP contribution in [0.15, 0.2) is 42.5 Å². The molecule has 0 bridgehead atoms. The first-order valence-electron chi connectivity index (χ1n) is 9.86. The maximum absolute atomic E-state index is 12.5. The van der Waals surface area contributed by atoms with Gasteiger partial charge in [-0.25, -0.2) is 8.42 Å². The van der Waals surface area contributed by atoms with E-state index in [4.69, 9.17) is 21.6 Å². The number of carbonyl (C=O) groups is 1. The second kappa shape index (κ2) is 10.1. The van der Waals surface area contributed by atoms with Crippen molar-refractivity contribution >= 4 is 33.0 Å². The van der Waals surface area contributed by atoms with E-state index in [2.05, 4.69) is 10.2 Å². The van der Waals surface area contributed by atoms with Gasteiger partial charge in [-0.15, -0.1) is 0 Å². The second-order valence-corrected chi connectivity index (χ2v) is 10.1. The molecule has 1 N–H and O–H groups in total. The van der Waals surface area contributed by atoms with Crippen LogP contribution in [0, 0.1) is 11.3 Å². The number of sulfone groups is 1. The predicted molar refractivity (Wildman–Crippen MR) is 120 cm³/mol. The van der Waals surface area contributed by atoms with Crippen LogP contribution in [-0.4, -0.2) is 50.4 Å². The molecule has 9 heteroatoms. The first-order chi connectivity index (χ1) is 14.8. The third kappa shape index (κ3) is 6.44. The van der Waals surface area contributed by atoms with Crippen molar-refractivity contribution in [3.8, 4) is 11.8 Å². The fraction of sp³-hybridized carbons (Fsp3) is 0.364. The van der Waals surface area contributed by atoms with Crippen molar-refractivity contribution in [1.82, 2.24) is 4.90 Å². The first kappa shape index (κ1) is 23.1. The fourth-order valence-corrected chi connectivity index (χ4v) is 5.56. The number of rotatable bonds is 8. The van der Waals surface area contributed by atoms with Crippen molar-refractivity contribution in [2.45, 2.75) is 25.4 Å². The Kier molecular flexibility index (Phi) is 7.55. The zero-order valence-corrected chi connectivity index (χ0v) is 18.7. The highest BCUT2D eigenvalue weighted by atomic mass is 35.5. The molecule has 1 aliphatic heterocycles. The molecule has 0 saturated carbocycles. The van der Waals surface area contributed by atoms with Gasteiger partial charge in [0.05, 0.1) is 29.2 Å². The number of carbonyl (C=O) groups excluding carboxylic acids is 1. The van der Waals surface area contributed by atoms with Gasteiger partial charge in [0.2, 0.25) is 5.91 Å². The molecular weight excluding hydrogens is 438 g/mol. The van der Waals surface area contributed by atoms with Gasteiger partial charge in [-0.1, -0.05) is 23.7 Å². The van der Waals surface area contributed by atoms with E-state index in [0.29, 0.717) is 30.8 Å². The van der Waals surface area contributed by atoms with Crippen LogP contribution in [0.2, 0.25) is 5.02 Å². The average molecular weight is 462 g/mol. The topological polar surface area (TPSA) is 99.5 Å². The molecule has 1 fully saturated rings. The van der Waals surface area contributed by atoms with Crippen LogP contribution in [-0.2, 0) is 21.2 Å². The lowest BCUT2D eigenvalue weighted by Gasteiger charge is -2.28. The van der Waals surface area contributed by atoms with E-state index in [1.807, 2.05) is 30.3 Å². The van der Waals surface area contributed by atoms with Gasteiger partial charge in [0.1, 0.15) is 11.8 Å². The zero-order valence-electron chi connectivity index (χ0n) is 17.2. The van der Waals surface area contributed by atoms with Gasteiger partial charge >= 0.3 is 0 Å². The molecule has 31 heavy (non-hydrogen) atoms. The van der Waals surface area contributed by atoms with E-state index >= 15 is 0 Å². The number of benzene rings is 2. The molecule has 3 rings (SSSR count). The molecule has 0 spiro atoms. The monoisotopic (exact) mass is 461 g/mol. The summed E-state index contributed by atoms with van der Waals surface area (Å²) in [6.45, 7) is 0.961. The summed E-state index contributed by atoms with van der Waals surface area (Å²) >= 11 is 6.02. The van der Waals surface area contributed by atoms with Crippen molar-refractivity contribution < 1.29 is 17.9 Å². The zero-order chi connectivity index (χ0) is 22.4. The van der Waals surface area contributed by atoms with Gasteiger partial charge in [0, 0.05) is 31.2 Å². The summed E-state index contributed by atoms with van der Waals surface area (Å²) in [7, 11) is -1.44. The number of halogens is 1. The number of nitrogens with zero attached hydrogens (tertiary/aromatic N) is 2. The molecule has 1 saturated heterocycles. The first-order valence-corrected chi connectivity index (χ1v) is 12.1. The Bertz CT molecular complexity index is 1080. The largest absolute Gasteiger partial charge is 0.497 e. The molecule has 7 nitrogen and oxygen atoms in total. The van der Waals surface area contributed by atoms with Crippen LogP contribution < -0.4 is 10.1 Å². The number of amides is 1. The van der Waals surface area contributed by atoms with Crippen molar-refractivity contribution in [2.24, 2.45) is 0 Å². The Labute approximate surface area is 187 Å². The van der Waals surface area contributed by atoms with Gasteiger partial charge in [0.15, 0.2) is 9.84 Å². The van der Waals surface area contributed by atoms with Crippen molar-refractivity contribution in [1.29, 1.82) is 5.26 Å². The third-order valence-electron chi connectivity index (χ3n) is 5.27. The smallest absolute Gasteiger partial charge is 0.225 e. The number of methoxy groups -OCH3 is 1. The van der Waals surface area contributed by atoms with Crippen LogP contribution in [0.1, 0.15) is 24.0 Å². The minimum absolute atomic E-state index is 0.107. The molecule has 0 aliphatic carbocycles. The molecule has 0 aromatic heterocycles. The summed E-state index contributed by atoms with van der Waals surface area (Å²) in [4.78, 5) is 14.5. The maximum Gasteiger partial charge on any atom is 0.225 e. The van der Waals surface area contributed by atoms with Crippen LogP contribution in [0.3, 0.4) is 0 Å². The van der Waals surface area contributed by atoms with Crippen LogP contribution >= 0.6 is 11.6 Å². The van der Waals surface area contributed by atoms with Gasteiger partial charge in [-0.2, -0.15) is 5.26 Å². The summed E-state index contributed by atoms with van der Waals surface area (Å²) in [5.74, 6) is 0.823. The Balaban J connectivity index is 1.65. The Morgan fingerprint density at radius 1 is 1.29 bits per heavy atom. The summed E-state index contributed by atoms with van der Waals surface area (Å²) in [5.41, 5.74) is 1.87. The quantitative estimate of drug-likeness (QED) is 0.647. The number of anilines is 1. The highest BCUT2D eigenvalue weighted by molar-refractivity contribution is 7.91. The number of hydrogen-bond donors (Lipinski definition) is 1. The van der Waals surface area contributed by atoms with E-state index in [0.717, 1.165) is 11.3 Å². The molecule has 1 unspecified atom stereocenters. The molecular formula is C22H24ClN3O4S. The van der Waals surface area contributed by atoms with Crippen LogP contribution in [0.25, 0.3) is 0 Å². The SMILES string of the molecule is COc1ccc(CN(CCC(=O)Nc2ccc(C#N)c(Cl)c2)C2CCS(=O)(=O)C2)cc1. The molecule has 1 heterocycles. The predicted octanol–water partition coefficient (Wildman–Crippen LogP) is 3.24. The summed E-state index contributed by atoms with van der Waals surface area (Å²) in [6, 6.07) is 14.2. The third-order valence-corrected chi connectivity index (χ3v) is 7.33. The van der Waals surface area contributed by atoms with E-state index in [9.17, 15) is 13.2 Å². The van der Waals surface area contributed by atoms with Crippen molar-refractivity contribution in [3.05, 3.63) is 58.6 Å². The lowest BCUT2D eigenvalue weighted by atomic mass is 10.1. The Morgan fingerprint density at radius 2 is 2.03 bits per heavy atom. The Morgan fingerprint density at radius 3 is 2.61 bits per heavy atom. The molecule has 2 aromatic carbocycles. The minimum atomic E-state index is -3.05. The normalized spacial score (nSPS) is 17.3. The standard InChI is InChI=1S/C22H24ClN3O4S/c1-30-20-6-2-16(3-7-20)14-26(19-9-11-31(28,29)15-19)10-8-22(27)25-18-5-4-17(13-24)21(23)12-18/h2-7,12,19H,8-11,14-15H2,1H3,(H,25,27). The molecule has 1 atom stereocenters. The highest BCUT2D eigenvalue weighted by Gasteiger charge is 2.32. The second-order valence-electron chi connectivity index (χ2n) is 7.48. The number of nitriles is 1. The molecule has 1 aliphatic rings. The summed E-state index contributed by atoms with van der Waals surface area (Å²) in [6.07, 6.45) is 0.760. The Hall–Kier alpha value is -2.60. The van der Waals surface area contributed by atoms with Gasteiger partial charge in [0.25, 0.3) is 0 Å². The molecule has 1 amide bonds. The molecule has 164 valence electrons. The van der Waals surface area contributed by atoms with E-state index in [-0.39, 0.29) is 34.9 Å². The minimum Gasteiger partial charge on any atom is -0.497 e. The van der Waals surface area contributed by atoms with E-state index < -0.39 is 9.84 Å². The highest BCUT2D eigenvalue weighted by Crippen LogP contribution is 2.23. The number of ether oxygens (including phenoxy) is 1. The molecule has 2 aromatic rings.